The second-order valence-electron chi connectivity index (χ2n) is 3.68. The summed E-state index contributed by atoms with van der Waals surface area (Å²) in [5, 5.41) is 8.57. The van der Waals surface area contributed by atoms with Gasteiger partial charge in [0, 0.05) is 18.5 Å². The summed E-state index contributed by atoms with van der Waals surface area (Å²) in [5.74, 6) is -4.13. The van der Waals surface area contributed by atoms with E-state index in [2.05, 4.69) is 0 Å². The van der Waals surface area contributed by atoms with Gasteiger partial charge < -0.3 is 10.8 Å². The van der Waals surface area contributed by atoms with E-state index in [4.69, 9.17) is 10.8 Å². The Hall–Kier alpha value is -1.49. The molecule has 3 N–H and O–H groups in total. The fraction of sp³-hybridized carbons (Fsp3) is 0.364. The predicted octanol–water partition coefficient (Wildman–Crippen LogP) is 2.27. The van der Waals surface area contributed by atoms with Gasteiger partial charge in [0.2, 0.25) is 0 Å². The van der Waals surface area contributed by atoms with Crippen molar-refractivity contribution in [2.75, 3.05) is 0 Å². The molecule has 0 aromatic heterocycles. The van der Waals surface area contributed by atoms with Gasteiger partial charge >= 0.3 is 5.97 Å². The van der Waals surface area contributed by atoms with E-state index in [0.717, 1.165) is 6.92 Å². The standard InChI is InChI=1S/C11H13F2NO2/c1-11(12,13)8-5-3-2-4-7(8)9(14)6-10(15)16/h2-5,9H,6,14H2,1H3,(H,15,16). The highest BCUT2D eigenvalue weighted by atomic mass is 19.3. The molecule has 1 rings (SSSR count). The van der Waals surface area contributed by atoms with Crippen LogP contribution in [0.3, 0.4) is 0 Å². The molecule has 1 aromatic carbocycles. The van der Waals surface area contributed by atoms with Crippen LogP contribution in [0.1, 0.15) is 30.5 Å². The molecule has 0 amide bonds. The maximum Gasteiger partial charge on any atom is 0.305 e. The highest BCUT2D eigenvalue weighted by Gasteiger charge is 2.29. The van der Waals surface area contributed by atoms with Crippen LogP contribution in [-0.2, 0) is 10.7 Å². The van der Waals surface area contributed by atoms with Crippen LogP contribution in [0.25, 0.3) is 0 Å². The van der Waals surface area contributed by atoms with Crippen LogP contribution in [0.15, 0.2) is 24.3 Å². The summed E-state index contributed by atoms with van der Waals surface area (Å²) < 4.78 is 26.4. The van der Waals surface area contributed by atoms with E-state index in [1.54, 1.807) is 6.07 Å². The minimum atomic E-state index is -3.02. The van der Waals surface area contributed by atoms with Gasteiger partial charge in [-0.15, -0.1) is 0 Å². The van der Waals surface area contributed by atoms with Crippen LogP contribution < -0.4 is 5.73 Å². The first kappa shape index (κ1) is 12.6. The Morgan fingerprint density at radius 3 is 2.56 bits per heavy atom. The lowest BCUT2D eigenvalue weighted by molar-refractivity contribution is -0.137. The first-order chi connectivity index (χ1) is 7.32. The Balaban J connectivity index is 3.08. The number of hydrogen-bond acceptors (Lipinski definition) is 2. The van der Waals surface area contributed by atoms with Gasteiger partial charge in [-0.25, -0.2) is 8.78 Å². The van der Waals surface area contributed by atoms with Crippen LogP contribution in [0.5, 0.6) is 0 Å². The summed E-state index contributed by atoms with van der Waals surface area (Å²) in [6.45, 7) is 0.763. The van der Waals surface area contributed by atoms with Gasteiger partial charge in [-0.1, -0.05) is 24.3 Å². The highest BCUT2D eigenvalue weighted by molar-refractivity contribution is 5.68. The molecule has 0 saturated carbocycles. The lowest BCUT2D eigenvalue weighted by Gasteiger charge is -2.19. The molecule has 0 spiro atoms. The summed E-state index contributed by atoms with van der Waals surface area (Å²) in [7, 11) is 0. The zero-order chi connectivity index (χ0) is 12.3. The van der Waals surface area contributed by atoms with Crippen LogP contribution in [0, 0.1) is 0 Å². The summed E-state index contributed by atoms with van der Waals surface area (Å²) in [6, 6.07) is 4.81. The van der Waals surface area contributed by atoms with Crippen LogP contribution in [0.2, 0.25) is 0 Å². The number of halogens is 2. The van der Waals surface area contributed by atoms with E-state index in [9.17, 15) is 13.6 Å². The molecular formula is C11H13F2NO2. The number of carbonyl (C=O) groups is 1. The van der Waals surface area contributed by atoms with Gasteiger partial charge in [0.05, 0.1) is 6.42 Å². The van der Waals surface area contributed by atoms with E-state index in [1.807, 2.05) is 0 Å². The van der Waals surface area contributed by atoms with Crippen LogP contribution in [-0.4, -0.2) is 11.1 Å². The molecule has 0 bridgehead atoms. The first-order valence-electron chi connectivity index (χ1n) is 4.77. The Morgan fingerprint density at radius 2 is 2.06 bits per heavy atom. The summed E-state index contributed by atoms with van der Waals surface area (Å²) in [5.41, 5.74) is 5.54. The Labute approximate surface area is 91.9 Å². The number of carboxylic acids is 1. The first-order valence-corrected chi connectivity index (χ1v) is 4.77. The summed E-state index contributed by atoms with van der Waals surface area (Å²) >= 11 is 0. The van der Waals surface area contributed by atoms with Gasteiger partial charge in [-0.3, -0.25) is 4.79 Å². The van der Waals surface area contributed by atoms with E-state index in [-0.39, 0.29) is 17.5 Å². The molecule has 0 fully saturated rings. The average molecular weight is 229 g/mol. The van der Waals surface area contributed by atoms with E-state index in [0.29, 0.717) is 0 Å². The Morgan fingerprint density at radius 1 is 1.50 bits per heavy atom. The zero-order valence-electron chi connectivity index (χ0n) is 8.78. The number of alkyl halides is 2. The maximum absolute atomic E-state index is 13.2. The van der Waals surface area contributed by atoms with Gasteiger partial charge in [-0.05, 0) is 5.56 Å². The normalized spacial score (nSPS) is 13.5. The maximum atomic E-state index is 13.2. The third kappa shape index (κ3) is 3.00. The predicted molar refractivity (Wildman–Crippen MR) is 55.2 cm³/mol. The van der Waals surface area contributed by atoms with Crippen molar-refractivity contribution in [3.05, 3.63) is 35.4 Å². The lowest BCUT2D eigenvalue weighted by Crippen LogP contribution is -2.20. The van der Waals surface area contributed by atoms with Crippen LogP contribution >= 0.6 is 0 Å². The van der Waals surface area contributed by atoms with E-state index in [1.165, 1.54) is 18.2 Å². The molecule has 0 radical (unpaired) electrons. The minimum Gasteiger partial charge on any atom is -0.481 e. The van der Waals surface area contributed by atoms with Crippen molar-refractivity contribution in [3.8, 4) is 0 Å². The van der Waals surface area contributed by atoms with Crippen molar-refractivity contribution in [1.29, 1.82) is 0 Å². The number of rotatable bonds is 4. The average Bonchev–Trinajstić information content (AvgIpc) is 2.15. The molecule has 1 aromatic rings. The molecule has 16 heavy (non-hydrogen) atoms. The topological polar surface area (TPSA) is 63.3 Å². The van der Waals surface area contributed by atoms with Gasteiger partial charge in [0.1, 0.15) is 0 Å². The third-order valence-corrected chi connectivity index (χ3v) is 2.23. The molecule has 0 heterocycles. The molecule has 0 aliphatic heterocycles. The van der Waals surface area contributed by atoms with Crippen LogP contribution in [0.4, 0.5) is 8.78 Å². The molecule has 0 aliphatic carbocycles. The fourth-order valence-electron chi connectivity index (χ4n) is 1.52. The lowest BCUT2D eigenvalue weighted by atomic mass is 9.95. The van der Waals surface area contributed by atoms with Crippen molar-refractivity contribution in [1.82, 2.24) is 0 Å². The van der Waals surface area contributed by atoms with Crippen molar-refractivity contribution < 1.29 is 18.7 Å². The molecule has 88 valence electrons. The van der Waals surface area contributed by atoms with Crippen molar-refractivity contribution in [3.63, 3.8) is 0 Å². The smallest absolute Gasteiger partial charge is 0.305 e. The van der Waals surface area contributed by atoms with E-state index < -0.39 is 17.9 Å². The minimum absolute atomic E-state index is 0.178. The number of nitrogens with two attached hydrogens (primary N) is 1. The molecule has 3 nitrogen and oxygen atoms in total. The van der Waals surface area contributed by atoms with Crippen molar-refractivity contribution in [2.45, 2.75) is 25.3 Å². The monoisotopic (exact) mass is 229 g/mol. The second-order valence-corrected chi connectivity index (χ2v) is 3.68. The van der Waals surface area contributed by atoms with Crippen molar-refractivity contribution in [2.24, 2.45) is 5.73 Å². The molecule has 0 saturated heterocycles. The number of aliphatic carboxylic acids is 1. The Bertz CT molecular complexity index is 388. The number of benzene rings is 1. The molecule has 1 unspecified atom stereocenters. The second kappa shape index (κ2) is 4.57. The SMILES string of the molecule is CC(F)(F)c1ccccc1C(N)CC(=O)O. The zero-order valence-corrected chi connectivity index (χ0v) is 8.78. The fourth-order valence-corrected chi connectivity index (χ4v) is 1.52. The molecule has 5 heteroatoms. The van der Waals surface area contributed by atoms with Gasteiger partial charge in [0.25, 0.3) is 5.92 Å². The quantitative estimate of drug-likeness (QED) is 0.832. The molecule has 0 aliphatic rings. The largest absolute Gasteiger partial charge is 0.481 e. The molecular weight excluding hydrogens is 216 g/mol. The third-order valence-electron chi connectivity index (χ3n) is 2.23. The summed E-state index contributed by atoms with van der Waals surface area (Å²) in [4.78, 5) is 10.5. The number of carboxylic acid groups (broad SMARTS) is 1. The summed E-state index contributed by atoms with van der Waals surface area (Å²) in [6.07, 6.45) is -0.368. The Kier molecular flexibility index (Phi) is 3.59. The van der Waals surface area contributed by atoms with Gasteiger partial charge in [0.15, 0.2) is 0 Å². The highest BCUT2D eigenvalue weighted by Crippen LogP contribution is 2.32. The van der Waals surface area contributed by atoms with Crippen molar-refractivity contribution >= 4 is 5.97 Å². The number of hydrogen-bond donors (Lipinski definition) is 2. The van der Waals surface area contributed by atoms with E-state index >= 15 is 0 Å². The molecule has 1 atom stereocenters. The van der Waals surface area contributed by atoms with Gasteiger partial charge in [-0.2, -0.15) is 0 Å².